The molecule has 0 radical (unpaired) electrons. The van der Waals surface area contributed by atoms with Gasteiger partial charge in [-0.1, -0.05) is 106 Å². The van der Waals surface area contributed by atoms with Crippen molar-refractivity contribution in [2.45, 2.75) is 78.6 Å². The average molecular weight is 397 g/mol. The molecule has 156 valence electrons. The summed E-state index contributed by atoms with van der Waals surface area (Å²) >= 11 is 0. The molecule has 0 aromatic heterocycles. The van der Waals surface area contributed by atoms with Crippen molar-refractivity contribution in [2.75, 3.05) is 0 Å². The van der Waals surface area contributed by atoms with Gasteiger partial charge in [0.25, 0.3) is 0 Å². The van der Waals surface area contributed by atoms with Gasteiger partial charge in [0.1, 0.15) is 0 Å². The van der Waals surface area contributed by atoms with Crippen molar-refractivity contribution in [3.63, 3.8) is 0 Å². The fourth-order valence-electron chi connectivity index (χ4n) is 5.14. The van der Waals surface area contributed by atoms with Gasteiger partial charge < -0.3 is 0 Å². The number of fused-ring (bicyclic) bond motifs is 6. The highest BCUT2D eigenvalue weighted by Crippen LogP contribution is 2.39. The third-order valence-corrected chi connectivity index (χ3v) is 6.96. The van der Waals surface area contributed by atoms with Gasteiger partial charge in [0.05, 0.1) is 0 Å². The number of benzene rings is 4. The number of hydrogen-bond donors (Lipinski definition) is 0. The first-order valence-electron chi connectivity index (χ1n) is 12.0. The molecule has 0 aliphatic heterocycles. The number of hydrogen-bond acceptors (Lipinski definition) is 0. The lowest BCUT2D eigenvalue weighted by molar-refractivity contribution is 0.575. The Morgan fingerprint density at radius 2 is 1.07 bits per heavy atom. The first kappa shape index (κ1) is 20.9. The summed E-state index contributed by atoms with van der Waals surface area (Å²) in [6, 6.07) is 20.4. The zero-order valence-electron chi connectivity index (χ0n) is 19.1. The fraction of sp³-hybridized carbons (Fsp3) is 0.400. The second kappa shape index (κ2) is 9.65. The van der Waals surface area contributed by atoms with Crippen LogP contribution in [0.25, 0.3) is 32.3 Å². The molecular weight excluding hydrogens is 360 g/mol. The molecule has 4 aromatic rings. The van der Waals surface area contributed by atoms with Crippen LogP contribution in [0.4, 0.5) is 0 Å². The Balaban J connectivity index is 1.70. The van der Waals surface area contributed by atoms with Gasteiger partial charge in [0.2, 0.25) is 0 Å². The van der Waals surface area contributed by atoms with Crippen LogP contribution in [0.1, 0.15) is 75.0 Å². The smallest absolute Gasteiger partial charge is 0.00640 e. The molecule has 4 rings (SSSR count). The molecule has 0 spiro atoms. The van der Waals surface area contributed by atoms with Crippen molar-refractivity contribution >= 4 is 32.3 Å². The second-order valence-electron chi connectivity index (χ2n) is 9.04. The number of unbranched alkanes of at least 4 members (excludes halogenated alkanes) is 7. The molecule has 30 heavy (non-hydrogen) atoms. The molecule has 0 bridgehead atoms. The minimum Gasteiger partial charge on any atom is -0.0654 e. The largest absolute Gasteiger partial charge is 0.0654 e. The Morgan fingerprint density at radius 3 is 1.70 bits per heavy atom. The van der Waals surface area contributed by atoms with Crippen LogP contribution in [0.15, 0.2) is 54.6 Å². The van der Waals surface area contributed by atoms with Crippen molar-refractivity contribution in [1.82, 2.24) is 0 Å². The first-order chi connectivity index (χ1) is 14.7. The molecule has 0 N–H and O–H groups in total. The summed E-state index contributed by atoms with van der Waals surface area (Å²) < 4.78 is 0. The fourth-order valence-corrected chi connectivity index (χ4v) is 5.14. The van der Waals surface area contributed by atoms with Gasteiger partial charge in [-0.2, -0.15) is 0 Å². The minimum absolute atomic E-state index is 1.20. The van der Waals surface area contributed by atoms with E-state index in [-0.39, 0.29) is 0 Å². The monoisotopic (exact) mass is 396 g/mol. The second-order valence-corrected chi connectivity index (χ2v) is 9.04. The van der Waals surface area contributed by atoms with Gasteiger partial charge in [0, 0.05) is 0 Å². The molecule has 0 amide bonds. The molecule has 0 heteroatoms. The van der Waals surface area contributed by atoms with Crippen molar-refractivity contribution in [3.8, 4) is 0 Å². The molecular formula is C30H36. The van der Waals surface area contributed by atoms with Crippen LogP contribution in [0.3, 0.4) is 0 Å². The Labute approximate surface area is 182 Å². The van der Waals surface area contributed by atoms with Crippen LogP contribution in [-0.2, 0) is 6.42 Å². The lowest BCUT2D eigenvalue weighted by Crippen LogP contribution is -1.97. The van der Waals surface area contributed by atoms with Gasteiger partial charge >= 0.3 is 0 Å². The molecule has 4 aromatic carbocycles. The summed E-state index contributed by atoms with van der Waals surface area (Å²) in [7, 11) is 0. The van der Waals surface area contributed by atoms with Gasteiger partial charge in [-0.3, -0.25) is 0 Å². The highest BCUT2D eigenvalue weighted by molar-refractivity contribution is 6.26. The van der Waals surface area contributed by atoms with E-state index in [0.29, 0.717) is 0 Å². The van der Waals surface area contributed by atoms with Crippen molar-refractivity contribution < 1.29 is 0 Å². The Morgan fingerprint density at radius 1 is 0.567 bits per heavy atom. The number of rotatable bonds is 9. The van der Waals surface area contributed by atoms with Crippen LogP contribution in [0.5, 0.6) is 0 Å². The summed E-state index contributed by atoms with van der Waals surface area (Å²) in [6.07, 6.45) is 12.2. The van der Waals surface area contributed by atoms with Crippen molar-refractivity contribution in [2.24, 2.45) is 0 Å². The van der Waals surface area contributed by atoms with Crippen molar-refractivity contribution in [1.29, 1.82) is 0 Å². The van der Waals surface area contributed by atoms with E-state index in [1.54, 1.807) is 5.56 Å². The molecule has 0 saturated carbocycles. The van der Waals surface area contributed by atoms with E-state index < -0.39 is 0 Å². The normalized spacial score (nSPS) is 11.7. The molecule has 0 saturated heterocycles. The predicted octanol–water partition coefficient (Wildman–Crippen LogP) is 9.45. The topological polar surface area (TPSA) is 0 Å². The number of aryl methyl sites for hydroxylation is 2. The maximum Gasteiger partial charge on any atom is -0.00640 e. The minimum atomic E-state index is 1.20. The Hall–Kier alpha value is -2.34. The summed E-state index contributed by atoms with van der Waals surface area (Å²) in [6.45, 7) is 6.91. The van der Waals surface area contributed by atoms with E-state index in [0.717, 1.165) is 0 Å². The zero-order valence-corrected chi connectivity index (χ0v) is 19.1. The van der Waals surface area contributed by atoms with Crippen LogP contribution < -0.4 is 0 Å². The lowest BCUT2D eigenvalue weighted by Gasteiger charge is -2.18. The van der Waals surface area contributed by atoms with Gasteiger partial charge in [-0.25, -0.2) is 0 Å². The summed E-state index contributed by atoms with van der Waals surface area (Å²) in [5, 5.41) is 8.51. The molecule has 0 aliphatic carbocycles. The molecule has 0 nitrogen and oxygen atoms in total. The molecule has 0 atom stereocenters. The highest BCUT2D eigenvalue weighted by Gasteiger charge is 2.14. The van der Waals surface area contributed by atoms with E-state index in [9.17, 15) is 0 Å². The third-order valence-electron chi connectivity index (χ3n) is 6.96. The molecule has 0 unspecified atom stereocenters. The van der Waals surface area contributed by atoms with Gasteiger partial charge in [0.15, 0.2) is 0 Å². The van der Waals surface area contributed by atoms with E-state index in [2.05, 4.69) is 75.4 Å². The van der Waals surface area contributed by atoms with Crippen LogP contribution in [-0.4, -0.2) is 0 Å². The van der Waals surface area contributed by atoms with E-state index in [4.69, 9.17) is 0 Å². The van der Waals surface area contributed by atoms with Crippen LogP contribution in [0.2, 0.25) is 0 Å². The van der Waals surface area contributed by atoms with Crippen LogP contribution in [0, 0.1) is 13.8 Å². The third kappa shape index (κ3) is 4.10. The first-order valence-corrected chi connectivity index (χ1v) is 12.0. The van der Waals surface area contributed by atoms with Crippen LogP contribution >= 0.6 is 0 Å². The summed E-state index contributed by atoms with van der Waals surface area (Å²) in [4.78, 5) is 0. The zero-order chi connectivity index (χ0) is 20.9. The van der Waals surface area contributed by atoms with E-state index in [1.165, 1.54) is 101 Å². The van der Waals surface area contributed by atoms with Gasteiger partial charge in [-0.05, 0) is 75.7 Å². The van der Waals surface area contributed by atoms with E-state index in [1.807, 2.05) is 0 Å². The standard InChI is InChI=1S/C30H36/c1-4-5-6-7-8-9-10-11-16-24-23(3)22(2)21-29-27-19-13-12-17-25(27)26-18-14-15-20-28(26)30(24)29/h12-15,17-21H,4-11,16H2,1-3H3. The van der Waals surface area contributed by atoms with E-state index >= 15 is 0 Å². The average Bonchev–Trinajstić information content (AvgIpc) is 2.78. The molecule has 0 aliphatic rings. The van der Waals surface area contributed by atoms with Gasteiger partial charge in [-0.15, -0.1) is 0 Å². The maximum atomic E-state index is 2.43. The lowest BCUT2D eigenvalue weighted by atomic mass is 9.86. The quantitative estimate of drug-likeness (QED) is 0.195. The molecule has 0 fully saturated rings. The molecule has 0 heterocycles. The Bertz CT molecular complexity index is 1150. The van der Waals surface area contributed by atoms with Crippen molar-refractivity contribution in [3.05, 3.63) is 71.3 Å². The Kier molecular flexibility index (Phi) is 6.72. The summed E-state index contributed by atoms with van der Waals surface area (Å²) in [5.74, 6) is 0. The SMILES string of the molecule is CCCCCCCCCCc1c(C)c(C)cc2c3ccccc3c3ccccc3c12. The summed E-state index contributed by atoms with van der Waals surface area (Å²) in [5.41, 5.74) is 4.50. The maximum absolute atomic E-state index is 2.43. The highest BCUT2D eigenvalue weighted by atomic mass is 14.2. The predicted molar refractivity (Wildman–Crippen MR) is 135 cm³/mol.